The fourth-order valence-electron chi connectivity index (χ4n) is 2.49. The van der Waals surface area contributed by atoms with E-state index < -0.39 is 5.91 Å². The molecule has 0 bridgehead atoms. The van der Waals surface area contributed by atoms with Gasteiger partial charge in [-0.1, -0.05) is 60.1 Å². The van der Waals surface area contributed by atoms with Gasteiger partial charge in [0.2, 0.25) is 0 Å². The van der Waals surface area contributed by atoms with Crippen LogP contribution in [0.4, 0.5) is 0 Å². The first-order valence-corrected chi connectivity index (χ1v) is 7.44. The minimum absolute atomic E-state index is 0.365. The van der Waals surface area contributed by atoms with Gasteiger partial charge in [-0.15, -0.1) is 0 Å². The standard InChI is InChI=1S/C17H11ClN2OS/c18-16-15(17(21)19-11-22)13-8-4-5-9-14(13)20(16)10-12-6-2-1-3-7-12/h1-9H,10H2. The van der Waals surface area contributed by atoms with E-state index in [1.807, 2.05) is 59.2 Å². The van der Waals surface area contributed by atoms with Crippen molar-refractivity contribution in [1.29, 1.82) is 0 Å². The van der Waals surface area contributed by atoms with Crippen molar-refractivity contribution in [2.75, 3.05) is 0 Å². The summed E-state index contributed by atoms with van der Waals surface area (Å²) in [6, 6.07) is 17.5. The molecular formula is C17H11ClN2OS. The first-order valence-electron chi connectivity index (χ1n) is 6.65. The van der Waals surface area contributed by atoms with Gasteiger partial charge in [0.25, 0.3) is 5.91 Å². The van der Waals surface area contributed by atoms with Gasteiger partial charge in [-0.3, -0.25) is 4.79 Å². The number of hydrogen-bond donors (Lipinski definition) is 0. The first kappa shape index (κ1) is 14.7. The highest BCUT2D eigenvalue weighted by Gasteiger charge is 2.20. The quantitative estimate of drug-likeness (QED) is 0.521. The lowest BCUT2D eigenvalue weighted by atomic mass is 10.1. The largest absolute Gasteiger partial charge is 0.326 e. The third-order valence-corrected chi connectivity index (χ3v) is 3.94. The van der Waals surface area contributed by atoms with Crippen LogP contribution in [0.25, 0.3) is 10.9 Å². The van der Waals surface area contributed by atoms with Crippen LogP contribution in [0, 0.1) is 0 Å². The van der Waals surface area contributed by atoms with Gasteiger partial charge in [-0.05, 0) is 23.8 Å². The fourth-order valence-corrected chi connectivity index (χ4v) is 2.91. The number of thiocarbonyl (C=S) groups is 1. The lowest BCUT2D eigenvalue weighted by Crippen LogP contribution is -2.01. The van der Waals surface area contributed by atoms with Gasteiger partial charge in [0.05, 0.1) is 16.2 Å². The molecule has 0 atom stereocenters. The highest BCUT2D eigenvalue weighted by Crippen LogP contribution is 2.31. The molecule has 0 spiro atoms. The van der Waals surface area contributed by atoms with Crippen molar-refractivity contribution in [3.63, 3.8) is 0 Å². The van der Waals surface area contributed by atoms with Crippen molar-refractivity contribution in [2.45, 2.75) is 6.54 Å². The van der Waals surface area contributed by atoms with Crippen LogP contribution in [0.2, 0.25) is 5.15 Å². The number of hydrogen-bond acceptors (Lipinski definition) is 2. The molecular weight excluding hydrogens is 316 g/mol. The summed E-state index contributed by atoms with van der Waals surface area (Å²) in [6.07, 6.45) is 0. The molecule has 0 radical (unpaired) electrons. The Kier molecular flexibility index (Phi) is 4.16. The van der Waals surface area contributed by atoms with Gasteiger partial charge in [-0.25, -0.2) is 0 Å². The van der Waals surface area contributed by atoms with Crippen molar-refractivity contribution >= 4 is 45.8 Å². The molecule has 3 rings (SSSR count). The maximum atomic E-state index is 12.2. The highest BCUT2D eigenvalue weighted by atomic mass is 35.5. The summed E-state index contributed by atoms with van der Waals surface area (Å²) in [5.74, 6) is -0.469. The number of halogens is 1. The zero-order valence-corrected chi connectivity index (χ0v) is 13.1. The van der Waals surface area contributed by atoms with Gasteiger partial charge in [0.1, 0.15) is 5.15 Å². The predicted molar refractivity (Wildman–Crippen MR) is 91.8 cm³/mol. The molecule has 0 aliphatic heterocycles. The fraction of sp³-hybridized carbons (Fsp3) is 0.0588. The molecule has 0 unspecified atom stereocenters. The number of carbonyl (C=O) groups excluding carboxylic acids is 1. The molecule has 3 aromatic rings. The lowest BCUT2D eigenvalue weighted by Gasteiger charge is -2.07. The second kappa shape index (κ2) is 6.24. The number of aromatic nitrogens is 1. The van der Waals surface area contributed by atoms with Crippen molar-refractivity contribution in [3.05, 3.63) is 70.9 Å². The molecule has 1 amide bonds. The number of para-hydroxylation sites is 1. The zero-order valence-electron chi connectivity index (χ0n) is 11.5. The van der Waals surface area contributed by atoms with E-state index in [-0.39, 0.29) is 0 Å². The Morgan fingerprint density at radius 3 is 2.55 bits per heavy atom. The van der Waals surface area contributed by atoms with Crippen molar-refractivity contribution < 1.29 is 4.79 Å². The Hall–Kier alpha value is -2.26. The maximum absolute atomic E-state index is 12.2. The number of rotatable bonds is 3. The molecule has 0 saturated carbocycles. The maximum Gasteiger partial charge on any atom is 0.289 e. The lowest BCUT2D eigenvalue weighted by molar-refractivity contribution is 0.101. The second-order valence-corrected chi connectivity index (χ2v) is 5.30. The molecule has 0 aliphatic rings. The average molecular weight is 327 g/mol. The number of amides is 1. The average Bonchev–Trinajstić information content (AvgIpc) is 2.81. The molecule has 3 nitrogen and oxygen atoms in total. The van der Waals surface area contributed by atoms with Crippen LogP contribution in [-0.4, -0.2) is 15.6 Å². The minimum Gasteiger partial charge on any atom is -0.326 e. The van der Waals surface area contributed by atoms with E-state index >= 15 is 0 Å². The Morgan fingerprint density at radius 1 is 1.14 bits per heavy atom. The smallest absolute Gasteiger partial charge is 0.289 e. The van der Waals surface area contributed by atoms with E-state index in [9.17, 15) is 4.79 Å². The van der Waals surface area contributed by atoms with E-state index in [0.29, 0.717) is 17.3 Å². The molecule has 0 aliphatic carbocycles. The third kappa shape index (κ3) is 2.60. The van der Waals surface area contributed by atoms with Gasteiger partial charge < -0.3 is 4.57 Å². The van der Waals surface area contributed by atoms with E-state index in [2.05, 4.69) is 22.4 Å². The summed E-state index contributed by atoms with van der Waals surface area (Å²) in [4.78, 5) is 15.7. The van der Waals surface area contributed by atoms with Gasteiger partial charge >= 0.3 is 0 Å². The van der Waals surface area contributed by atoms with Crippen molar-refractivity contribution in [3.8, 4) is 0 Å². The van der Waals surface area contributed by atoms with E-state index in [1.54, 1.807) is 0 Å². The van der Waals surface area contributed by atoms with Crippen LogP contribution < -0.4 is 0 Å². The molecule has 0 saturated heterocycles. The number of nitrogens with zero attached hydrogens (tertiary/aromatic N) is 2. The van der Waals surface area contributed by atoms with Crippen LogP contribution in [0.1, 0.15) is 15.9 Å². The SMILES string of the molecule is O=C(N=C=S)c1c(Cl)n(Cc2ccccc2)c2ccccc12. The molecule has 0 fully saturated rings. The van der Waals surface area contributed by atoms with Crippen molar-refractivity contribution in [2.24, 2.45) is 4.99 Å². The van der Waals surface area contributed by atoms with Crippen LogP contribution in [0.3, 0.4) is 0 Å². The van der Waals surface area contributed by atoms with E-state index in [1.165, 1.54) is 0 Å². The number of isothiocyanates is 1. The highest BCUT2D eigenvalue weighted by molar-refractivity contribution is 7.78. The van der Waals surface area contributed by atoms with Gasteiger partial charge in [-0.2, -0.15) is 4.99 Å². The van der Waals surface area contributed by atoms with Crippen LogP contribution >= 0.6 is 23.8 Å². The Labute approximate surface area is 137 Å². The Balaban J connectivity index is 2.20. The summed E-state index contributed by atoms with van der Waals surface area (Å²) in [6.45, 7) is 0.578. The normalized spacial score (nSPS) is 10.4. The molecule has 2 aromatic carbocycles. The molecule has 0 N–H and O–H groups in total. The summed E-state index contributed by atoms with van der Waals surface area (Å²) in [7, 11) is 0. The number of carbonyl (C=O) groups is 1. The third-order valence-electron chi connectivity index (χ3n) is 3.45. The summed E-state index contributed by atoms with van der Waals surface area (Å²) in [5, 5.41) is 3.24. The second-order valence-electron chi connectivity index (χ2n) is 4.76. The minimum atomic E-state index is -0.469. The van der Waals surface area contributed by atoms with Gasteiger partial charge in [0.15, 0.2) is 0 Å². The summed E-state index contributed by atoms with van der Waals surface area (Å²) >= 11 is 11.0. The Bertz CT molecular complexity index is 896. The first-order chi connectivity index (χ1) is 10.7. The monoisotopic (exact) mass is 326 g/mol. The number of benzene rings is 2. The molecule has 1 heterocycles. The van der Waals surface area contributed by atoms with Crippen molar-refractivity contribution in [1.82, 2.24) is 4.57 Å². The number of aliphatic imine (C=N–C) groups is 1. The zero-order chi connectivity index (χ0) is 15.5. The summed E-state index contributed by atoms with van der Waals surface area (Å²) < 4.78 is 1.90. The van der Waals surface area contributed by atoms with E-state index in [4.69, 9.17) is 11.6 Å². The van der Waals surface area contributed by atoms with Crippen LogP contribution in [0.15, 0.2) is 59.6 Å². The molecule has 22 heavy (non-hydrogen) atoms. The van der Waals surface area contributed by atoms with E-state index in [0.717, 1.165) is 16.5 Å². The molecule has 5 heteroatoms. The summed E-state index contributed by atoms with van der Waals surface area (Å²) in [5.41, 5.74) is 2.35. The molecule has 1 aromatic heterocycles. The topological polar surface area (TPSA) is 34.4 Å². The van der Waals surface area contributed by atoms with Crippen LogP contribution in [-0.2, 0) is 6.54 Å². The molecule has 108 valence electrons. The number of fused-ring (bicyclic) bond motifs is 1. The van der Waals surface area contributed by atoms with Crippen LogP contribution in [0.5, 0.6) is 0 Å². The Morgan fingerprint density at radius 2 is 1.82 bits per heavy atom. The predicted octanol–water partition coefficient (Wildman–Crippen LogP) is 4.59. The van der Waals surface area contributed by atoms with Gasteiger partial charge in [0, 0.05) is 11.9 Å².